The molecular weight excluding hydrogens is 321 g/mol. The van der Waals surface area contributed by atoms with Gasteiger partial charge in [-0.1, -0.05) is 35.3 Å². The fraction of sp³-hybridized carbons (Fsp3) is 0.125. The molecule has 0 radical (unpaired) electrons. The van der Waals surface area contributed by atoms with Gasteiger partial charge in [0.1, 0.15) is 0 Å². The molecule has 0 atom stereocenters. The van der Waals surface area contributed by atoms with Gasteiger partial charge in [-0.3, -0.25) is 4.79 Å². The summed E-state index contributed by atoms with van der Waals surface area (Å²) in [6, 6.07) is 12.6. The number of aryl methyl sites for hydroxylation is 1. The summed E-state index contributed by atoms with van der Waals surface area (Å²) < 4.78 is 0. The molecule has 2 aromatic carbocycles. The van der Waals surface area contributed by atoms with E-state index in [-0.39, 0.29) is 12.5 Å². The lowest BCUT2D eigenvalue weighted by atomic mass is 10.2. The number of hydrogen-bond acceptors (Lipinski definition) is 3. The number of halogens is 2. The molecule has 2 N–H and O–H groups in total. The van der Waals surface area contributed by atoms with Crippen LogP contribution in [0.1, 0.15) is 11.1 Å². The Morgan fingerprint density at radius 2 is 1.82 bits per heavy atom. The van der Waals surface area contributed by atoms with Crippen molar-refractivity contribution >= 4 is 41.0 Å². The van der Waals surface area contributed by atoms with Crippen LogP contribution in [0.3, 0.4) is 0 Å². The second kappa shape index (κ2) is 7.82. The number of carbonyl (C=O) groups is 1. The lowest BCUT2D eigenvalue weighted by molar-refractivity contribution is -0.119. The molecule has 0 heterocycles. The van der Waals surface area contributed by atoms with E-state index in [0.717, 1.165) is 16.8 Å². The number of amides is 1. The quantitative estimate of drug-likeness (QED) is 0.643. The van der Waals surface area contributed by atoms with Crippen LogP contribution in [0.2, 0.25) is 10.0 Å². The van der Waals surface area contributed by atoms with Crippen LogP contribution in [0.4, 0.5) is 5.69 Å². The van der Waals surface area contributed by atoms with Gasteiger partial charge in [0.15, 0.2) is 0 Å². The molecule has 2 aromatic rings. The first-order chi connectivity index (χ1) is 10.5. The van der Waals surface area contributed by atoms with Crippen molar-refractivity contribution in [3.63, 3.8) is 0 Å². The molecule has 0 aliphatic rings. The van der Waals surface area contributed by atoms with Crippen molar-refractivity contribution in [2.45, 2.75) is 6.92 Å². The normalized spacial score (nSPS) is 10.7. The minimum Gasteiger partial charge on any atom is -0.376 e. The molecule has 0 fully saturated rings. The van der Waals surface area contributed by atoms with Gasteiger partial charge in [0.2, 0.25) is 0 Å². The maximum Gasteiger partial charge on any atom is 0.259 e. The molecule has 2 rings (SSSR count). The molecule has 0 unspecified atom stereocenters. The first-order valence-corrected chi connectivity index (χ1v) is 7.38. The van der Waals surface area contributed by atoms with Gasteiger partial charge in [-0.05, 0) is 48.4 Å². The number of benzene rings is 2. The zero-order valence-electron chi connectivity index (χ0n) is 11.9. The number of rotatable bonds is 5. The van der Waals surface area contributed by atoms with E-state index in [0.29, 0.717) is 10.0 Å². The standard InChI is InChI=1S/C16H15Cl2N3O/c1-11-8-14(18)6-7-15(11)19-10-16(22)21-20-9-12-2-4-13(17)5-3-12/h2-9,19H,10H2,1H3,(H,21,22). The summed E-state index contributed by atoms with van der Waals surface area (Å²) in [5.41, 5.74) is 5.15. The third kappa shape index (κ3) is 5.06. The van der Waals surface area contributed by atoms with Gasteiger partial charge in [-0.25, -0.2) is 5.43 Å². The van der Waals surface area contributed by atoms with Gasteiger partial charge in [-0.2, -0.15) is 5.10 Å². The van der Waals surface area contributed by atoms with Crippen LogP contribution in [0.5, 0.6) is 0 Å². The number of carbonyl (C=O) groups excluding carboxylic acids is 1. The van der Waals surface area contributed by atoms with Gasteiger partial charge in [0, 0.05) is 15.7 Å². The van der Waals surface area contributed by atoms with Crippen molar-refractivity contribution in [1.82, 2.24) is 5.43 Å². The first-order valence-electron chi connectivity index (χ1n) is 6.62. The maximum atomic E-state index is 11.7. The topological polar surface area (TPSA) is 53.5 Å². The van der Waals surface area contributed by atoms with E-state index in [1.807, 2.05) is 31.2 Å². The number of nitrogens with zero attached hydrogens (tertiary/aromatic N) is 1. The highest BCUT2D eigenvalue weighted by Gasteiger charge is 2.02. The summed E-state index contributed by atoms with van der Waals surface area (Å²) in [7, 11) is 0. The van der Waals surface area contributed by atoms with Gasteiger partial charge >= 0.3 is 0 Å². The second-order valence-corrected chi connectivity index (χ2v) is 5.53. The van der Waals surface area contributed by atoms with E-state index in [9.17, 15) is 4.79 Å². The van der Waals surface area contributed by atoms with Crippen LogP contribution in [0.25, 0.3) is 0 Å². The molecule has 0 aromatic heterocycles. The van der Waals surface area contributed by atoms with E-state index in [2.05, 4.69) is 15.8 Å². The Hall–Kier alpha value is -2.04. The third-order valence-corrected chi connectivity index (χ3v) is 3.39. The Balaban J connectivity index is 1.81. The summed E-state index contributed by atoms with van der Waals surface area (Å²) in [6.07, 6.45) is 1.56. The van der Waals surface area contributed by atoms with Crippen LogP contribution < -0.4 is 10.7 Å². The van der Waals surface area contributed by atoms with Crippen LogP contribution in [-0.2, 0) is 4.79 Å². The maximum absolute atomic E-state index is 11.7. The van der Waals surface area contributed by atoms with Crippen LogP contribution >= 0.6 is 23.2 Å². The zero-order chi connectivity index (χ0) is 15.9. The number of nitrogens with one attached hydrogen (secondary N) is 2. The Morgan fingerprint density at radius 3 is 2.50 bits per heavy atom. The molecule has 0 aliphatic heterocycles. The first kappa shape index (κ1) is 16.3. The monoisotopic (exact) mass is 335 g/mol. The van der Waals surface area contributed by atoms with Crippen molar-refractivity contribution in [3.05, 3.63) is 63.6 Å². The van der Waals surface area contributed by atoms with Gasteiger partial charge in [-0.15, -0.1) is 0 Å². The molecule has 0 spiro atoms. The van der Waals surface area contributed by atoms with Crippen molar-refractivity contribution in [2.24, 2.45) is 5.10 Å². The smallest absolute Gasteiger partial charge is 0.259 e. The SMILES string of the molecule is Cc1cc(Cl)ccc1NCC(=O)NN=Cc1ccc(Cl)cc1. The lowest BCUT2D eigenvalue weighted by Crippen LogP contribution is -2.26. The second-order valence-electron chi connectivity index (χ2n) is 4.66. The van der Waals surface area contributed by atoms with E-state index < -0.39 is 0 Å². The molecule has 0 saturated carbocycles. The Bertz CT molecular complexity index is 684. The Morgan fingerprint density at radius 1 is 1.14 bits per heavy atom. The molecule has 1 amide bonds. The van der Waals surface area contributed by atoms with Crippen LogP contribution in [0, 0.1) is 6.92 Å². The highest BCUT2D eigenvalue weighted by atomic mass is 35.5. The van der Waals surface area contributed by atoms with Crippen LogP contribution in [-0.4, -0.2) is 18.7 Å². The average molecular weight is 336 g/mol. The number of anilines is 1. The summed E-state index contributed by atoms with van der Waals surface area (Å²) in [4.78, 5) is 11.7. The predicted octanol–water partition coefficient (Wildman–Crippen LogP) is 3.86. The van der Waals surface area contributed by atoms with Crippen LogP contribution in [0.15, 0.2) is 47.6 Å². The van der Waals surface area contributed by atoms with E-state index in [1.54, 1.807) is 24.4 Å². The minimum atomic E-state index is -0.237. The molecule has 0 saturated heterocycles. The lowest BCUT2D eigenvalue weighted by Gasteiger charge is -2.08. The fourth-order valence-corrected chi connectivity index (χ4v) is 2.12. The molecule has 114 valence electrons. The Labute approximate surface area is 139 Å². The summed E-state index contributed by atoms with van der Waals surface area (Å²) in [6.45, 7) is 2.05. The molecule has 6 heteroatoms. The minimum absolute atomic E-state index is 0.125. The molecular formula is C16H15Cl2N3O. The van der Waals surface area contributed by atoms with Gasteiger partial charge in [0.05, 0.1) is 12.8 Å². The number of hydrazone groups is 1. The third-order valence-electron chi connectivity index (χ3n) is 2.90. The highest BCUT2D eigenvalue weighted by molar-refractivity contribution is 6.31. The summed E-state index contributed by atoms with van der Waals surface area (Å²) in [5, 5.41) is 8.25. The van der Waals surface area contributed by atoms with Gasteiger partial charge < -0.3 is 5.32 Å². The fourth-order valence-electron chi connectivity index (χ4n) is 1.77. The van der Waals surface area contributed by atoms with E-state index >= 15 is 0 Å². The number of hydrogen-bond donors (Lipinski definition) is 2. The Kier molecular flexibility index (Phi) is 5.81. The molecule has 0 aliphatic carbocycles. The van der Waals surface area contributed by atoms with E-state index in [4.69, 9.17) is 23.2 Å². The largest absolute Gasteiger partial charge is 0.376 e. The summed E-state index contributed by atoms with van der Waals surface area (Å²) >= 11 is 11.7. The van der Waals surface area contributed by atoms with Crippen molar-refractivity contribution < 1.29 is 4.79 Å². The molecule has 0 bridgehead atoms. The molecule has 4 nitrogen and oxygen atoms in total. The average Bonchev–Trinajstić information content (AvgIpc) is 2.48. The summed E-state index contributed by atoms with van der Waals surface area (Å²) in [5.74, 6) is -0.237. The molecule has 22 heavy (non-hydrogen) atoms. The zero-order valence-corrected chi connectivity index (χ0v) is 13.4. The van der Waals surface area contributed by atoms with Crippen molar-refractivity contribution in [2.75, 3.05) is 11.9 Å². The highest BCUT2D eigenvalue weighted by Crippen LogP contribution is 2.19. The van der Waals surface area contributed by atoms with Crippen molar-refractivity contribution in [3.8, 4) is 0 Å². The van der Waals surface area contributed by atoms with Gasteiger partial charge in [0.25, 0.3) is 5.91 Å². The van der Waals surface area contributed by atoms with Crippen molar-refractivity contribution in [1.29, 1.82) is 0 Å². The predicted molar refractivity (Wildman–Crippen MR) is 91.9 cm³/mol. The van der Waals surface area contributed by atoms with E-state index in [1.165, 1.54) is 0 Å².